The van der Waals surface area contributed by atoms with Crippen LogP contribution >= 0.6 is 0 Å². The molecule has 4 nitrogen and oxygen atoms in total. The van der Waals surface area contributed by atoms with E-state index in [4.69, 9.17) is 5.73 Å². The molecule has 0 fully saturated rings. The Morgan fingerprint density at radius 2 is 1.88 bits per heavy atom. The lowest BCUT2D eigenvalue weighted by Crippen LogP contribution is -2.23. The van der Waals surface area contributed by atoms with Gasteiger partial charge in [0.05, 0.1) is 11.4 Å². The van der Waals surface area contributed by atoms with Crippen LogP contribution < -0.4 is 16.4 Å². The van der Waals surface area contributed by atoms with Crippen molar-refractivity contribution in [3.8, 4) is 0 Å². The molecule has 0 aliphatic rings. The summed E-state index contributed by atoms with van der Waals surface area (Å²) in [4.78, 5) is 4.63. The van der Waals surface area contributed by atoms with E-state index in [0.29, 0.717) is 12.6 Å². The van der Waals surface area contributed by atoms with Gasteiger partial charge in [0.15, 0.2) is 0 Å². The van der Waals surface area contributed by atoms with Crippen LogP contribution in [0.1, 0.15) is 37.9 Å². The van der Waals surface area contributed by atoms with Crippen molar-refractivity contribution in [2.45, 2.75) is 45.6 Å². The Labute approximate surface area is 145 Å². The SMILES string of the molecule is CCCc1ccc(CC(CC)Nc2ccccc2NCCN)nc1. The molecule has 0 aliphatic carbocycles. The minimum atomic E-state index is 0.357. The van der Waals surface area contributed by atoms with Gasteiger partial charge in [-0.05, 0) is 36.6 Å². The minimum Gasteiger partial charge on any atom is -0.382 e. The van der Waals surface area contributed by atoms with Gasteiger partial charge in [0.1, 0.15) is 0 Å². The number of benzene rings is 1. The lowest BCUT2D eigenvalue weighted by atomic mass is 10.1. The van der Waals surface area contributed by atoms with E-state index in [-0.39, 0.29) is 0 Å². The molecule has 24 heavy (non-hydrogen) atoms. The highest BCUT2D eigenvalue weighted by molar-refractivity contribution is 5.68. The summed E-state index contributed by atoms with van der Waals surface area (Å²) in [5.74, 6) is 0. The highest BCUT2D eigenvalue weighted by Gasteiger charge is 2.10. The van der Waals surface area contributed by atoms with Crippen LogP contribution in [0.4, 0.5) is 11.4 Å². The van der Waals surface area contributed by atoms with Crippen LogP contribution in [-0.4, -0.2) is 24.1 Å². The summed E-state index contributed by atoms with van der Waals surface area (Å²) in [6.07, 6.45) is 6.25. The molecule has 0 radical (unpaired) electrons. The Hall–Kier alpha value is -2.07. The predicted octanol–water partition coefficient (Wildman–Crippen LogP) is 3.84. The second kappa shape index (κ2) is 9.93. The van der Waals surface area contributed by atoms with Crippen molar-refractivity contribution < 1.29 is 0 Å². The summed E-state index contributed by atoms with van der Waals surface area (Å²) < 4.78 is 0. The highest BCUT2D eigenvalue weighted by Crippen LogP contribution is 2.23. The van der Waals surface area contributed by atoms with Crippen LogP contribution in [0, 0.1) is 0 Å². The highest BCUT2D eigenvalue weighted by atomic mass is 15.0. The summed E-state index contributed by atoms with van der Waals surface area (Å²) in [6.45, 7) is 5.80. The van der Waals surface area contributed by atoms with Crippen LogP contribution in [0.3, 0.4) is 0 Å². The Morgan fingerprint density at radius 3 is 2.50 bits per heavy atom. The Morgan fingerprint density at radius 1 is 1.08 bits per heavy atom. The topological polar surface area (TPSA) is 63.0 Å². The molecular weight excluding hydrogens is 296 g/mol. The molecular formula is C20H30N4. The number of nitrogens with two attached hydrogens (primary N) is 1. The quantitative estimate of drug-likeness (QED) is 0.621. The van der Waals surface area contributed by atoms with Crippen molar-refractivity contribution in [2.75, 3.05) is 23.7 Å². The number of anilines is 2. The first kappa shape index (κ1) is 18.3. The number of nitrogens with zero attached hydrogens (tertiary/aromatic N) is 1. The number of hydrogen-bond acceptors (Lipinski definition) is 4. The number of aromatic nitrogens is 1. The lowest BCUT2D eigenvalue weighted by Gasteiger charge is -2.21. The molecule has 1 aromatic heterocycles. The monoisotopic (exact) mass is 326 g/mol. The molecule has 1 heterocycles. The van der Waals surface area contributed by atoms with Crippen molar-refractivity contribution in [1.82, 2.24) is 4.98 Å². The summed E-state index contributed by atoms with van der Waals surface area (Å²) in [7, 11) is 0. The normalized spacial score (nSPS) is 12.0. The average Bonchev–Trinajstić information content (AvgIpc) is 2.62. The molecule has 0 bridgehead atoms. The van der Waals surface area contributed by atoms with E-state index in [1.165, 1.54) is 5.56 Å². The number of rotatable bonds is 10. The first-order valence-electron chi connectivity index (χ1n) is 9.00. The molecule has 4 heteroatoms. The Kier molecular flexibility index (Phi) is 7.56. The molecule has 4 N–H and O–H groups in total. The van der Waals surface area contributed by atoms with Crippen molar-refractivity contribution in [1.29, 1.82) is 0 Å². The zero-order valence-corrected chi connectivity index (χ0v) is 14.9. The maximum Gasteiger partial charge on any atom is 0.0578 e. The van der Waals surface area contributed by atoms with Crippen molar-refractivity contribution in [3.63, 3.8) is 0 Å². The van der Waals surface area contributed by atoms with Gasteiger partial charge in [-0.15, -0.1) is 0 Å². The molecule has 2 rings (SSSR count). The van der Waals surface area contributed by atoms with Gasteiger partial charge in [-0.1, -0.05) is 38.5 Å². The third kappa shape index (κ3) is 5.53. The van der Waals surface area contributed by atoms with E-state index in [1.807, 2.05) is 12.3 Å². The molecule has 0 saturated carbocycles. The molecule has 1 atom stereocenters. The smallest absolute Gasteiger partial charge is 0.0578 e. The fraction of sp³-hybridized carbons (Fsp3) is 0.450. The van der Waals surface area contributed by atoms with Gasteiger partial charge >= 0.3 is 0 Å². The maximum atomic E-state index is 5.60. The predicted molar refractivity (Wildman–Crippen MR) is 104 cm³/mol. The van der Waals surface area contributed by atoms with E-state index >= 15 is 0 Å². The molecule has 0 spiro atoms. The zero-order valence-electron chi connectivity index (χ0n) is 14.9. The first-order chi connectivity index (χ1) is 11.8. The molecule has 0 aliphatic heterocycles. The third-order valence-electron chi connectivity index (χ3n) is 4.12. The molecule has 130 valence electrons. The van der Waals surface area contributed by atoms with Gasteiger partial charge in [-0.2, -0.15) is 0 Å². The van der Waals surface area contributed by atoms with Gasteiger partial charge in [-0.25, -0.2) is 0 Å². The van der Waals surface area contributed by atoms with Crippen LogP contribution in [0.2, 0.25) is 0 Å². The number of nitrogens with one attached hydrogen (secondary N) is 2. The van der Waals surface area contributed by atoms with E-state index in [0.717, 1.165) is 49.3 Å². The standard InChI is InChI=1S/C20H30N4/c1-3-7-16-10-11-18(23-15-16)14-17(4-2)24-20-9-6-5-8-19(20)22-13-12-21/h5-6,8-11,15,17,22,24H,3-4,7,12-14,21H2,1-2H3. The summed E-state index contributed by atoms with van der Waals surface area (Å²) in [6, 6.07) is 13.0. The number of pyridine rings is 1. The van der Waals surface area contributed by atoms with Crippen LogP contribution in [-0.2, 0) is 12.8 Å². The van der Waals surface area contributed by atoms with E-state index in [1.54, 1.807) is 0 Å². The second-order valence-corrected chi connectivity index (χ2v) is 6.12. The summed E-state index contributed by atoms with van der Waals surface area (Å²) >= 11 is 0. The second-order valence-electron chi connectivity index (χ2n) is 6.12. The average molecular weight is 326 g/mol. The summed E-state index contributed by atoms with van der Waals surface area (Å²) in [5, 5.41) is 7.03. The Balaban J connectivity index is 2.01. The summed E-state index contributed by atoms with van der Waals surface area (Å²) in [5.41, 5.74) is 10.3. The maximum absolute atomic E-state index is 5.60. The van der Waals surface area contributed by atoms with Gasteiger partial charge in [0, 0.05) is 37.4 Å². The van der Waals surface area contributed by atoms with Gasteiger partial charge < -0.3 is 16.4 Å². The zero-order chi connectivity index (χ0) is 17.2. The van der Waals surface area contributed by atoms with E-state index in [2.05, 4.69) is 59.8 Å². The molecule has 1 aromatic carbocycles. The number of hydrogen-bond donors (Lipinski definition) is 3. The van der Waals surface area contributed by atoms with Crippen LogP contribution in [0.15, 0.2) is 42.6 Å². The van der Waals surface area contributed by atoms with Crippen molar-refractivity contribution in [3.05, 3.63) is 53.9 Å². The largest absolute Gasteiger partial charge is 0.382 e. The molecule has 0 amide bonds. The van der Waals surface area contributed by atoms with Gasteiger partial charge in [0.25, 0.3) is 0 Å². The third-order valence-corrected chi connectivity index (χ3v) is 4.12. The fourth-order valence-corrected chi connectivity index (χ4v) is 2.75. The Bertz CT molecular complexity index is 595. The number of para-hydroxylation sites is 2. The first-order valence-corrected chi connectivity index (χ1v) is 9.00. The van der Waals surface area contributed by atoms with E-state index in [9.17, 15) is 0 Å². The lowest BCUT2D eigenvalue weighted by molar-refractivity contribution is 0.678. The number of aryl methyl sites for hydroxylation is 1. The van der Waals surface area contributed by atoms with Crippen LogP contribution in [0.25, 0.3) is 0 Å². The van der Waals surface area contributed by atoms with E-state index < -0.39 is 0 Å². The fourth-order valence-electron chi connectivity index (χ4n) is 2.75. The molecule has 1 unspecified atom stereocenters. The van der Waals surface area contributed by atoms with Crippen LogP contribution in [0.5, 0.6) is 0 Å². The van der Waals surface area contributed by atoms with Gasteiger partial charge in [0.2, 0.25) is 0 Å². The molecule has 2 aromatic rings. The molecule has 0 saturated heterocycles. The van der Waals surface area contributed by atoms with Crippen molar-refractivity contribution in [2.24, 2.45) is 5.73 Å². The van der Waals surface area contributed by atoms with Gasteiger partial charge in [-0.3, -0.25) is 4.98 Å². The minimum absolute atomic E-state index is 0.357. The van der Waals surface area contributed by atoms with Crippen molar-refractivity contribution >= 4 is 11.4 Å².